The molecule has 1 aliphatic rings. The smallest absolute Gasteiger partial charge is 0.311 e. The number of amides is 1. The summed E-state index contributed by atoms with van der Waals surface area (Å²) in [5, 5.41) is 3.02. The fourth-order valence-corrected chi connectivity index (χ4v) is 2.90. The number of hydrogen-bond donors (Lipinski definition) is 1. The Morgan fingerprint density at radius 1 is 1.14 bits per heavy atom. The van der Waals surface area contributed by atoms with Gasteiger partial charge in [0.15, 0.2) is 17.6 Å². The summed E-state index contributed by atoms with van der Waals surface area (Å²) in [4.78, 5) is 24.4. The van der Waals surface area contributed by atoms with Crippen molar-refractivity contribution in [3.63, 3.8) is 0 Å². The van der Waals surface area contributed by atoms with E-state index in [4.69, 9.17) is 30.5 Å². The molecule has 1 aliphatic heterocycles. The van der Waals surface area contributed by atoms with Crippen molar-refractivity contribution in [2.24, 2.45) is 0 Å². The van der Waals surface area contributed by atoms with Crippen LogP contribution in [0.25, 0.3) is 0 Å². The number of esters is 1. The summed E-state index contributed by atoms with van der Waals surface area (Å²) >= 11 is 6.04. The largest absolute Gasteiger partial charge is 0.495 e. The molecule has 7 nitrogen and oxygen atoms in total. The van der Waals surface area contributed by atoms with Crippen molar-refractivity contribution in [1.82, 2.24) is 0 Å². The third-order valence-corrected chi connectivity index (χ3v) is 4.35. The van der Waals surface area contributed by atoms with E-state index in [9.17, 15) is 9.59 Å². The number of hydrogen-bond acceptors (Lipinski definition) is 6. The van der Waals surface area contributed by atoms with Crippen LogP contribution in [0.2, 0.25) is 5.02 Å². The minimum absolute atomic E-state index is 0.0165. The average molecular weight is 406 g/mol. The van der Waals surface area contributed by atoms with E-state index in [1.165, 1.54) is 14.0 Å². The molecule has 8 heteroatoms. The monoisotopic (exact) mass is 405 g/mol. The summed E-state index contributed by atoms with van der Waals surface area (Å²) in [5.41, 5.74) is 1.19. The van der Waals surface area contributed by atoms with Gasteiger partial charge in [-0.3, -0.25) is 9.59 Å². The molecule has 1 atom stereocenters. The molecular weight excluding hydrogens is 386 g/mol. The van der Waals surface area contributed by atoms with Crippen molar-refractivity contribution in [1.29, 1.82) is 0 Å². The summed E-state index contributed by atoms with van der Waals surface area (Å²) in [5.74, 6) is 0.760. The molecule has 1 heterocycles. The van der Waals surface area contributed by atoms with Crippen LogP contribution in [0.4, 0.5) is 5.69 Å². The third-order valence-electron chi connectivity index (χ3n) is 4.05. The van der Waals surface area contributed by atoms with Gasteiger partial charge in [0.05, 0.1) is 18.6 Å². The molecule has 1 amide bonds. The second-order valence-electron chi connectivity index (χ2n) is 6.13. The second-order valence-corrected chi connectivity index (χ2v) is 6.53. The summed E-state index contributed by atoms with van der Waals surface area (Å²) < 4.78 is 21.2. The van der Waals surface area contributed by atoms with E-state index in [-0.39, 0.29) is 6.42 Å². The van der Waals surface area contributed by atoms with Crippen LogP contribution in [-0.2, 0) is 20.7 Å². The second kappa shape index (κ2) is 8.84. The fraction of sp³-hybridized carbons (Fsp3) is 0.300. The quantitative estimate of drug-likeness (QED) is 0.743. The Balaban J connectivity index is 1.54. The lowest BCUT2D eigenvalue weighted by Crippen LogP contribution is -2.30. The van der Waals surface area contributed by atoms with E-state index in [1.807, 2.05) is 0 Å². The first-order valence-electron chi connectivity index (χ1n) is 8.68. The molecule has 2 aromatic rings. The molecule has 2 aromatic carbocycles. The van der Waals surface area contributed by atoms with Crippen LogP contribution in [0, 0.1) is 0 Å². The van der Waals surface area contributed by atoms with Gasteiger partial charge in [0.2, 0.25) is 0 Å². The Labute approximate surface area is 167 Å². The van der Waals surface area contributed by atoms with E-state index in [2.05, 4.69) is 5.32 Å². The summed E-state index contributed by atoms with van der Waals surface area (Å²) in [6.45, 7) is 2.47. The first-order chi connectivity index (χ1) is 13.5. The van der Waals surface area contributed by atoms with Crippen LogP contribution in [0.5, 0.6) is 17.2 Å². The number of anilines is 1. The number of fused-ring (bicyclic) bond motifs is 1. The van der Waals surface area contributed by atoms with Crippen molar-refractivity contribution in [3.05, 3.63) is 47.0 Å². The number of halogens is 1. The van der Waals surface area contributed by atoms with Crippen molar-refractivity contribution in [2.75, 3.05) is 25.6 Å². The summed E-state index contributed by atoms with van der Waals surface area (Å²) in [6, 6.07) is 10.1. The lowest BCUT2D eigenvalue weighted by atomic mass is 10.1. The van der Waals surface area contributed by atoms with E-state index >= 15 is 0 Å². The maximum absolute atomic E-state index is 12.3. The lowest BCUT2D eigenvalue weighted by molar-refractivity contribution is -0.152. The number of benzene rings is 2. The van der Waals surface area contributed by atoms with Gasteiger partial charge in [-0.15, -0.1) is 0 Å². The van der Waals surface area contributed by atoms with Crippen molar-refractivity contribution >= 4 is 29.2 Å². The molecule has 1 N–H and O–H groups in total. The van der Waals surface area contributed by atoms with Gasteiger partial charge in [-0.2, -0.15) is 0 Å². The number of carbonyl (C=O) groups is 2. The Morgan fingerprint density at radius 2 is 1.89 bits per heavy atom. The molecule has 0 radical (unpaired) electrons. The predicted octanol–water partition coefficient (Wildman–Crippen LogP) is 3.23. The summed E-state index contributed by atoms with van der Waals surface area (Å²) in [7, 11) is 1.50. The zero-order valence-corrected chi connectivity index (χ0v) is 16.2. The first-order valence-corrected chi connectivity index (χ1v) is 9.06. The maximum Gasteiger partial charge on any atom is 0.311 e. The van der Waals surface area contributed by atoms with E-state index in [0.717, 1.165) is 0 Å². The minimum atomic E-state index is -0.967. The minimum Gasteiger partial charge on any atom is -0.495 e. The highest BCUT2D eigenvalue weighted by Gasteiger charge is 2.20. The fourth-order valence-electron chi connectivity index (χ4n) is 2.64. The zero-order valence-electron chi connectivity index (χ0n) is 15.5. The normalized spacial score (nSPS) is 13.4. The number of nitrogens with one attached hydrogen (secondary N) is 1. The van der Waals surface area contributed by atoms with Crippen LogP contribution in [0.1, 0.15) is 12.5 Å². The van der Waals surface area contributed by atoms with E-state index in [0.29, 0.717) is 46.7 Å². The molecule has 3 rings (SSSR count). The van der Waals surface area contributed by atoms with Gasteiger partial charge in [-0.25, -0.2) is 0 Å². The molecule has 0 aliphatic carbocycles. The van der Waals surface area contributed by atoms with Gasteiger partial charge in [0.25, 0.3) is 5.91 Å². The number of rotatable bonds is 6. The molecule has 0 bridgehead atoms. The van der Waals surface area contributed by atoms with Crippen LogP contribution < -0.4 is 19.5 Å². The van der Waals surface area contributed by atoms with Gasteiger partial charge >= 0.3 is 5.97 Å². The van der Waals surface area contributed by atoms with Crippen molar-refractivity contribution < 1.29 is 28.5 Å². The molecule has 0 saturated heterocycles. The van der Waals surface area contributed by atoms with Crippen LogP contribution in [0.3, 0.4) is 0 Å². The molecule has 0 saturated carbocycles. The Kier molecular flexibility index (Phi) is 6.26. The maximum atomic E-state index is 12.3. The number of methoxy groups -OCH3 is 1. The van der Waals surface area contributed by atoms with Gasteiger partial charge in [-0.05, 0) is 42.8 Å². The van der Waals surface area contributed by atoms with Gasteiger partial charge in [0.1, 0.15) is 19.0 Å². The van der Waals surface area contributed by atoms with Gasteiger partial charge in [0, 0.05) is 5.69 Å². The number of carbonyl (C=O) groups excluding carboxylic acids is 2. The highest BCUT2D eigenvalue weighted by atomic mass is 35.5. The van der Waals surface area contributed by atoms with E-state index < -0.39 is 18.0 Å². The summed E-state index contributed by atoms with van der Waals surface area (Å²) in [6.07, 6.45) is -0.951. The lowest BCUT2D eigenvalue weighted by Gasteiger charge is -2.19. The molecule has 28 heavy (non-hydrogen) atoms. The molecular formula is C20H20ClNO6. The van der Waals surface area contributed by atoms with Crippen LogP contribution >= 0.6 is 11.6 Å². The van der Waals surface area contributed by atoms with Gasteiger partial charge in [-0.1, -0.05) is 17.7 Å². The SMILES string of the molecule is COc1ccc(NC(=O)[C@@H](C)OC(=O)Cc2ccc3c(c2)OCCO3)cc1Cl. The Morgan fingerprint density at radius 3 is 2.61 bits per heavy atom. The van der Waals surface area contributed by atoms with Gasteiger partial charge < -0.3 is 24.3 Å². The first kappa shape index (κ1) is 19.8. The topological polar surface area (TPSA) is 83.1 Å². The molecule has 0 fully saturated rings. The van der Waals surface area contributed by atoms with Crippen molar-refractivity contribution in [2.45, 2.75) is 19.4 Å². The highest BCUT2D eigenvalue weighted by molar-refractivity contribution is 6.32. The van der Waals surface area contributed by atoms with E-state index in [1.54, 1.807) is 36.4 Å². The third kappa shape index (κ3) is 4.86. The molecule has 0 aromatic heterocycles. The molecule has 0 unspecified atom stereocenters. The van der Waals surface area contributed by atoms with Crippen molar-refractivity contribution in [3.8, 4) is 17.2 Å². The number of ether oxygens (including phenoxy) is 4. The Bertz CT molecular complexity index is 885. The molecule has 0 spiro atoms. The van der Waals surface area contributed by atoms with Crippen LogP contribution in [-0.4, -0.2) is 38.3 Å². The predicted molar refractivity (Wildman–Crippen MR) is 103 cm³/mol. The molecule has 148 valence electrons. The highest BCUT2D eigenvalue weighted by Crippen LogP contribution is 2.31. The standard InChI is InChI=1S/C20H20ClNO6/c1-12(20(24)22-14-4-6-16(25-2)15(21)11-14)28-19(23)10-13-3-5-17-18(9-13)27-8-7-26-17/h3-6,9,11-12H,7-8,10H2,1-2H3,(H,22,24)/t12-/m1/s1. The Hall–Kier alpha value is -2.93. The van der Waals surface area contributed by atoms with Crippen LogP contribution in [0.15, 0.2) is 36.4 Å². The average Bonchev–Trinajstić information content (AvgIpc) is 2.68. The zero-order chi connectivity index (χ0) is 20.1.